The van der Waals surface area contributed by atoms with E-state index >= 15 is 0 Å². The zero-order valence-electron chi connectivity index (χ0n) is 9.94. The molecule has 1 amide bonds. The molecule has 0 aliphatic heterocycles. The summed E-state index contributed by atoms with van der Waals surface area (Å²) < 4.78 is 4.68. The molecular weight excluding hydrogens is 262 g/mol. The topological polar surface area (TPSA) is 46.6 Å². The Hall–Kier alpha value is -0.860. The zero-order chi connectivity index (χ0) is 13.3. The molecule has 0 aromatic rings. The highest BCUT2D eigenvalue weighted by Gasteiger charge is 2.29. The van der Waals surface area contributed by atoms with Crippen molar-refractivity contribution in [3.63, 3.8) is 0 Å². The van der Waals surface area contributed by atoms with E-state index in [2.05, 4.69) is 10.7 Å². The Kier molecular flexibility index (Phi) is 8.73. The van der Waals surface area contributed by atoms with E-state index < -0.39 is 12.0 Å². The quantitative estimate of drug-likeness (QED) is 0.395. The Balaban J connectivity index is 4.86. The van der Waals surface area contributed by atoms with Crippen LogP contribution >= 0.6 is 23.4 Å². The molecule has 0 rings (SSSR count). The fraction of sp³-hybridized carbons (Fsp3) is 0.636. The number of amides is 1. The first-order valence-corrected chi connectivity index (χ1v) is 6.90. The number of hydrogen-bond donors (Lipinski definition) is 0. The van der Waals surface area contributed by atoms with Crippen molar-refractivity contribution in [1.29, 1.82) is 0 Å². The molecular formula is C11H16ClNO3S. The molecule has 0 radical (unpaired) electrons. The SMILES string of the molecule is C#CCN(C(=O)CCl)[C@@H](CCSC)C(=O)OC. The second-order valence-corrected chi connectivity index (χ2v) is 4.43. The largest absolute Gasteiger partial charge is 0.467 e. The van der Waals surface area contributed by atoms with E-state index in [1.807, 2.05) is 6.26 Å². The lowest BCUT2D eigenvalue weighted by Gasteiger charge is -2.27. The molecule has 6 heteroatoms. The Morgan fingerprint density at radius 2 is 2.24 bits per heavy atom. The third-order valence-corrected chi connectivity index (χ3v) is 3.01. The van der Waals surface area contributed by atoms with Gasteiger partial charge in [-0.3, -0.25) is 4.79 Å². The molecule has 96 valence electrons. The number of rotatable bonds is 7. The second kappa shape index (κ2) is 9.20. The zero-order valence-corrected chi connectivity index (χ0v) is 11.5. The summed E-state index contributed by atoms with van der Waals surface area (Å²) >= 11 is 7.07. The number of ether oxygens (including phenoxy) is 1. The Bertz CT molecular complexity index is 304. The summed E-state index contributed by atoms with van der Waals surface area (Å²) in [4.78, 5) is 24.5. The number of thioether (sulfide) groups is 1. The molecule has 0 aliphatic carbocycles. The number of halogens is 1. The van der Waals surface area contributed by atoms with Gasteiger partial charge in [0.2, 0.25) is 5.91 Å². The van der Waals surface area contributed by atoms with E-state index in [1.165, 1.54) is 12.0 Å². The van der Waals surface area contributed by atoms with Gasteiger partial charge in [0.1, 0.15) is 11.9 Å². The van der Waals surface area contributed by atoms with Crippen LogP contribution in [0.1, 0.15) is 6.42 Å². The maximum absolute atomic E-state index is 11.6. The summed E-state index contributed by atoms with van der Waals surface area (Å²) in [5, 5.41) is 0. The molecule has 0 bridgehead atoms. The summed E-state index contributed by atoms with van der Waals surface area (Å²) in [7, 11) is 1.29. The highest BCUT2D eigenvalue weighted by atomic mass is 35.5. The highest BCUT2D eigenvalue weighted by molar-refractivity contribution is 7.98. The minimum atomic E-state index is -0.658. The van der Waals surface area contributed by atoms with Gasteiger partial charge in [-0.2, -0.15) is 11.8 Å². The van der Waals surface area contributed by atoms with Gasteiger partial charge in [0.15, 0.2) is 0 Å². The van der Waals surface area contributed by atoms with E-state index in [-0.39, 0.29) is 18.3 Å². The molecule has 0 aliphatic rings. The smallest absolute Gasteiger partial charge is 0.328 e. The van der Waals surface area contributed by atoms with Gasteiger partial charge in [-0.15, -0.1) is 18.0 Å². The normalized spacial score (nSPS) is 11.4. The molecule has 17 heavy (non-hydrogen) atoms. The molecule has 0 aromatic carbocycles. The van der Waals surface area contributed by atoms with Gasteiger partial charge in [-0.1, -0.05) is 5.92 Å². The number of alkyl halides is 1. The van der Waals surface area contributed by atoms with Gasteiger partial charge in [-0.05, 0) is 18.4 Å². The van der Waals surface area contributed by atoms with Crippen LogP contribution in [0.5, 0.6) is 0 Å². The fourth-order valence-corrected chi connectivity index (χ4v) is 1.93. The van der Waals surface area contributed by atoms with E-state index in [0.29, 0.717) is 6.42 Å². The van der Waals surface area contributed by atoms with Crippen LogP contribution < -0.4 is 0 Å². The van der Waals surface area contributed by atoms with Gasteiger partial charge in [0, 0.05) is 0 Å². The first-order valence-electron chi connectivity index (χ1n) is 4.98. The lowest BCUT2D eigenvalue weighted by atomic mass is 10.2. The van der Waals surface area contributed by atoms with Crippen molar-refractivity contribution in [1.82, 2.24) is 4.90 Å². The average Bonchev–Trinajstić information content (AvgIpc) is 2.36. The molecule has 0 unspecified atom stereocenters. The molecule has 0 fully saturated rings. The van der Waals surface area contributed by atoms with Crippen LogP contribution in [-0.2, 0) is 14.3 Å². The number of esters is 1. The maximum Gasteiger partial charge on any atom is 0.328 e. The molecule has 1 atom stereocenters. The summed E-state index contributed by atoms with van der Waals surface area (Å²) in [5.74, 6) is 2.06. The Labute approximate surface area is 111 Å². The minimum Gasteiger partial charge on any atom is -0.467 e. The van der Waals surface area contributed by atoms with Crippen LogP contribution in [0, 0.1) is 12.3 Å². The minimum absolute atomic E-state index is 0.0553. The average molecular weight is 278 g/mol. The summed E-state index contributed by atoms with van der Waals surface area (Å²) in [6.07, 6.45) is 7.60. The van der Waals surface area contributed by atoms with Crippen LogP contribution in [0.4, 0.5) is 0 Å². The Morgan fingerprint density at radius 3 is 2.65 bits per heavy atom. The molecule has 0 aromatic heterocycles. The van der Waals surface area contributed by atoms with Crippen molar-refractivity contribution in [2.24, 2.45) is 0 Å². The van der Waals surface area contributed by atoms with Crippen LogP contribution in [0.2, 0.25) is 0 Å². The summed E-state index contributed by atoms with van der Waals surface area (Å²) in [6, 6.07) is -0.658. The predicted octanol–water partition coefficient (Wildman–Crippen LogP) is 0.982. The highest BCUT2D eigenvalue weighted by Crippen LogP contribution is 2.11. The Morgan fingerprint density at radius 1 is 1.59 bits per heavy atom. The number of carbonyl (C=O) groups is 2. The molecule has 0 saturated carbocycles. The number of hydrogen-bond acceptors (Lipinski definition) is 4. The first kappa shape index (κ1) is 16.1. The fourth-order valence-electron chi connectivity index (χ4n) is 1.31. The third kappa shape index (κ3) is 5.33. The van der Waals surface area contributed by atoms with Gasteiger partial charge in [0.25, 0.3) is 0 Å². The van der Waals surface area contributed by atoms with Crippen LogP contribution in [-0.4, -0.2) is 54.4 Å². The number of terminal acetylenes is 1. The maximum atomic E-state index is 11.6. The van der Waals surface area contributed by atoms with Crippen molar-refractivity contribution >= 4 is 35.2 Å². The lowest BCUT2D eigenvalue weighted by molar-refractivity contribution is -0.151. The van der Waals surface area contributed by atoms with Crippen LogP contribution in [0.15, 0.2) is 0 Å². The van der Waals surface area contributed by atoms with Crippen molar-refractivity contribution in [2.45, 2.75) is 12.5 Å². The number of carbonyl (C=O) groups excluding carboxylic acids is 2. The van der Waals surface area contributed by atoms with Crippen molar-refractivity contribution in [3.8, 4) is 12.3 Å². The van der Waals surface area contributed by atoms with Crippen LogP contribution in [0.25, 0.3) is 0 Å². The van der Waals surface area contributed by atoms with E-state index in [0.717, 1.165) is 5.75 Å². The molecule has 0 saturated heterocycles. The van der Waals surface area contributed by atoms with Gasteiger partial charge in [0.05, 0.1) is 13.7 Å². The molecule has 0 spiro atoms. The van der Waals surface area contributed by atoms with E-state index in [1.54, 1.807) is 11.8 Å². The van der Waals surface area contributed by atoms with Crippen molar-refractivity contribution in [2.75, 3.05) is 31.5 Å². The predicted molar refractivity (Wildman–Crippen MR) is 70.1 cm³/mol. The molecule has 4 nitrogen and oxygen atoms in total. The van der Waals surface area contributed by atoms with Crippen molar-refractivity contribution < 1.29 is 14.3 Å². The summed E-state index contributed by atoms with van der Waals surface area (Å²) in [6.45, 7) is 0.0553. The van der Waals surface area contributed by atoms with Crippen LogP contribution in [0.3, 0.4) is 0 Å². The summed E-state index contributed by atoms with van der Waals surface area (Å²) in [5.41, 5.74) is 0. The molecule has 0 N–H and O–H groups in total. The van der Waals surface area contributed by atoms with Gasteiger partial charge in [-0.25, -0.2) is 4.79 Å². The van der Waals surface area contributed by atoms with E-state index in [9.17, 15) is 9.59 Å². The molecule has 0 heterocycles. The lowest BCUT2D eigenvalue weighted by Crippen LogP contribution is -2.46. The monoisotopic (exact) mass is 277 g/mol. The van der Waals surface area contributed by atoms with Gasteiger partial charge < -0.3 is 9.64 Å². The van der Waals surface area contributed by atoms with Crippen molar-refractivity contribution in [3.05, 3.63) is 0 Å². The number of nitrogens with zero attached hydrogens (tertiary/aromatic N) is 1. The van der Waals surface area contributed by atoms with E-state index in [4.69, 9.17) is 18.0 Å². The van der Waals surface area contributed by atoms with Gasteiger partial charge >= 0.3 is 5.97 Å². The second-order valence-electron chi connectivity index (χ2n) is 3.18. The standard InChI is InChI=1S/C11H16ClNO3S/c1-4-6-13(10(14)8-12)9(5-7-17-3)11(15)16-2/h1,9H,5-8H2,2-3H3/t9-/m0/s1. The number of methoxy groups -OCH3 is 1. The first-order chi connectivity index (χ1) is 8.12. The third-order valence-electron chi connectivity index (χ3n) is 2.14.